The minimum atomic E-state index is -0.240. The highest BCUT2D eigenvalue weighted by molar-refractivity contribution is 6.30. The summed E-state index contributed by atoms with van der Waals surface area (Å²) in [5.41, 5.74) is 2.85. The number of nitrogens with one attached hydrogen (secondary N) is 2. The molecule has 0 aliphatic heterocycles. The molecule has 27 heavy (non-hydrogen) atoms. The molecule has 0 spiro atoms. The Bertz CT molecular complexity index is 922. The van der Waals surface area contributed by atoms with E-state index in [9.17, 15) is 4.79 Å². The number of halogens is 1. The summed E-state index contributed by atoms with van der Waals surface area (Å²) in [5, 5.41) is 10.5. The van der Waals surface area contributed by atoms with E-state index in [2.05, 4.69) is 15.5 Å². The molecule has 0 atom stereocenters. The van der Waals surface area contributed by atoms with Crippen LogP contribution in [0.15, 0.2) is 48.5 Å². The number of methoxy groups -OCH3 is 1. The van der Waals surface area contributed by atoms with E-state index in [1.165, 1.54) is 0 Å². The number of carbonyl (C=O) groups is 1. The lowest BCUT2D eigenvalue weighted by molar-refractivity contribution is 0.0946. The van der Waals surface area contributed by atoms with E-state index in [-0.39, 0.29) is 5.91 Å². The highest BCUT2D eigenvalue weighted by Crippen LogP contribution is 2.28. The molecule has 0 saturated heterocycles. The lowest BCUT2D eigenvalue weighted by atomic mass is 10.1. The summed E-state index contributed by atoms with van der Waals surface area (Å²) in [6, 6.07) is 14.5. The van der Waals surface area contributed by atoms with Crippen LogP contribution in [0.25, 0.3) is 11.3 Å². The number of H-pyrrole nitrogens is 1. The Morgan fingerprint density at radius 2 is 1.93 bits per heavy atom. The van der Waals surface area contributed by atoms with E-state index in [0.29, 0.717) is 41.1 Å². The zero-order valence-corrected chi connectivity index (χ0v) is 15.8. The van der Waals surface area contributed by atoms with Crippen LogP contribution < -0.4 is 14.8 Å². The monoisotopic (exact) mass is 385 g/mol. The van der Waals surface area contributed by atoms with Crippen molar-refractivity contribution in [1.82, 2.24) is 15.5 Å². The third kappa shape index (κ3) is 4.60. The molecule has 2 N–H and O–H groups in total. The first-order valence-electron chi connectivity index (χ1n) is 8.50. The number of hydrogen-bond acceptors (Lipinski definition) is 4. The second-order valence-corrected chi connectivity index (χ2v) is 6.21. The van der Waals surface area contributed by atoms with E-state index in [4.69, 9.17) is 21.1 Å². The molecule has 0 radical (unpaired) electrons. The highest BCUT2D eigenvalue weighted by atomic mass is 35.5. The summed E-state index contributed by atoms with van der Waals surface area (Å²) in [5.74, 6) is 1.07. The number of nitrogens with zero attached hydrogens (tertiary/aromatic N) is 1. The fraction of sp³-hybridized carbons (Fsp3) is 0.200. The molecule has 0 fully saturated rings. The number of ether oxygens (including phenoxy) is 2. The Morgan fingerprint density at radius 1 is 1.15 bits per heavy atom. The van der Waals surface area contributed by atoms with Gasteiger partial charge >= 0.3 is 0 Å². The number of rotatable bonds is 7. The molecule has 1 aromatic heterocycles. The molecular weight excluding hydrogens is 366 g/mol. The van der Waals surface area contributed by atoms with Gasteiger partial charge in [-0.2, -0.15) is 5.10 Å². The maximum atomic E-state index is 12.4. The molecule has 6 nitrogen and oxygen atoms in total. The van der Waals surface area contributed by atoms with Crippen LogP contribution in [0.3, 0.4) is 0 Å². The van der Waals surface area contributed by atoms with Gasteiger partial charge in [0.05, 0.1) is 19.4 Å². The summed E-state index contributed by atoms with van der Waals surface area (Å²) in [6.45, 7) is 2.83. The molecule has 1 heterocycles. The molecule has 140 valence electrons. The first-order chi connectivity index (χ1) is 13.1. The van der Waals surface area contributed by atoms with Gasteiger partial charge in [-0.05, 0) is 42.8 Å². The first kappa shape index (κ1) is 18.8. The van der Waals surface area contributed by atoms with Crippen molar-refractivity contribution in [1.29, 1.82) is 0 Å². The zero-order chi connectivity index (χ0) is 19.2. The summed E-state index contributed by atoms with van der Waals surface area (Å²) in [6.07, 6.45) is 0. The quantitative estimate of drug-likeness (QED) is 0.642. The van der Waals surface area contributed by atoms with Crippen LogP contribution in [0, 0.1) is 0 Å². The predicted molar refractivity (Wildman–Crippen MR) is 104 cm³/mol. The molecule has 0 unspecified atom stereocenters. The van der Waals surface area contributed by atoms with Gasteiger partial charge in [0, 0.05) is 17.1 Å². The Kier molecular flexibility index (Phi) is 5.98. The van der Waals surface area contributed by atoms with Crippen molar-refractivity contribution in [2.75, 3.05) is 13.7 Å². The fourth-order valence-electron chi connectivity index (χ4n) is 2.58. The van der Waals surface area contributed by atoms with Gasteiger partial charge in [0.25, 0.3) is 5.91 Å². The van der Waals surface area contributed by atoms with E-state index in [1.807, 2.05) is 37.3 Å². The van der Waals surface area contributed by atoms with Crippen LogP contribution in [0.4, 0.5) is 0 Å². The van der Waals surface area contributed by atoms with Crippen LogP contribution in [-0.2, 0) is 6.54 Å². The van der Waals surface area contributed by atoms with E-state index < -0.39 is 0 Å². The number of hydrogen-bond donors (Lipinski definition) is 2. The third-order valence-corrected chi connectivity index (χ3v) is 4.20. The van der Waals surface area contributed by atoms with Gasteiger partial charge in [-0.25, -0.2) is 0 Å². The molecule has 0 bridgehead atoms. The number of aromatic nitrogens is 2. The molecule has 0 saturated carbocycles. The van der Waals surface area contributed by atoms with E-state index in [0.717, 1.165) is 11.1 Å². The minimum Gasteiger partial charge on any atom is -0.493 e. The van der Waals surface area contributed by atoms with Gasteiger partial charge in [0.2, 0.25) is 0 Å². The molecular formula is C20H20ClN3O3. The van der Waals surface area contributed by atoms with E-state index in [1.54, 1.807) is 25.3 Å². The Morgan fingerprint density at radius 3 is 2.63 bits per heavy atom. The predicted octanol–water partition coefficient (Wildman–Crippen LogP) is 4.07. The van der Waals surface area contributed by atoms with Crippen LogP contribution in [0.5, 0.6) is 11.5 Å². The van der Waals surface area contributed by atoms with Crippen LogP contribution in [-0.4, -0.2) is 29.8 Å². The van der Waals surface area contributed by atoms with Gasteiger partial charge < -0.3 is 14.8 Å². The van der Waals surface area contributed by atoms with Crippen molar-refractivity contribution >= 4 is 17.5 Å². The number of aromatic amines is 1. The Hall–Kier alpha value is -2.99. The molecule has 3 rings (SSSR count). The van der Waals surface area contributed by atoms with Crippen LogP contribution >= 0.6 is 11.6 Å². The topological polar surface area (TPSA) is 76.2 Å². The lowest BCUT2D eigenvalue weighted by Crippen LogP contribution is -2.23. The second-order valence-electron chi connectivity index (χ2n) is 5.77. The average Bonchev–Trinajstić information content (AvgIpc) is 3.18. The SMILES string of the molecule is CCOc1ccc(CNC(=O)c2cc(-c3ccc(Cl)cc3)n[nH]2)cc1OC. The van der Waals surface area contributed by atoms with Crippen molar-refractivity contribution in [3.63, 3.8) is 0 Å². The smallest absolute Gasteiger partial charge is 0.269 e. The van der Waals surface area contributed by atoms with Gasteiger partial charge in [-0.3, -0.25) is 9.89 Å². The highest BCUT2D eigenvalue weighted by Gasteiger charge is 2.12. The van der Waals surface area contributed by atoms with Gasteiger partial charge in [0.15, 0.2) is 11.5 Å². The maximum Gasteiger partial charge on any atom is 0.269 e. The molecule has 3 aromatic rings. The number of carbonyl (C=O) groups excluding carboxylic acids is 1. The Labute approximate surface area is 162 Å². The molecule has 2 aromatic carbocycles. The van der Waals surface area contributed by atoms with Gasteiger partial charge in [-0.1, -0.05) is 29.8 Å². The van der Waals surface area contributed by atoms with Crippen molar-refractivity contribution in [3.8, 4) is 22.8 Å². The van der Waals surface area contributed by atoms with Crippen LogP contribution in [0.1, 0.15) is 23.0 Å². The van der Waals surface area contributed by atoms with Crippen molar-refractivity contribution < 1.29 is 14.3 Å². The van der Waals surface area contributed by atoms with Gasteiger partial charge in [-0.15, -0.1) is 0 Å². The molecule has 0 aliphatic carbocycles. The first-order valence-corrected chi connectivity index (χ1v) is 8.87. The molecule has 1 amide bonds. The average molecular weight is 386 g/mol. The molecule has 7 heteroatoms. The third-order valence-electron chi connectivity index (χ3n) is 3.94. The largest absolute Gasteiger partial charge is 0.493 e. The standard InChI is InChI=1S/C20H20ClN3O3/c1-3-27-18-9-4-13(10-19(18)26-2)12-22-20(25)17-11-16(23-24-17)14-5-7-15(21)8-6-14/h4-11H,3,12H2,1-2H3,(H,22,25)(H,23,24). The second kappa shape index (κ2) is 8.60. The summed E-state index contributed by atoms with van der Waals surface area (Å²) < 4.78 is 10.8. The summed E-state index contributed by atoms with van der Waals surface area (Å²) >= 11 is 5.89. The Balaban J connectivity index is 1.65. The van der Waals surface area contributed by atoms with Crippen molar-refractivity contribution in [2.45, 2.75) is 13.5 Å². The van der Waals surface area contributed by atoms with Crippen molar-refractivity contribution in [2.24, 2.45) is 0 Å². The number of benzene rings is 2. The van der Waals surface area contributed by atoms with E-state index >= 15 is 0 Å². The lowest BCUT2D eigenvalue weighted by Gasteiger charge is -2.11. The van der Waals surface area contributed by atoms with Crippen molar-refractivity contribution in [3.05, 3.63) is 64.8 Å². The summed E-state index contributed by atoms with van der Waals surface area (Å²) in [4.78, 5) is 12.4. The van der Waals surface area contributed by atoms with Gasteiger partial charge in [0.1, 0.15) is 5.69 Å². The maximum absolute atomic E-state index is 12.4. The summed E-state index contributed by atoms with van der Waals surface area (Å²) in [7, 11) is 1.59. The fourth-order valence-corrected chi connectivity index (χ4v) is 2.71. The minimum absolute atomic E-state index is 0.240. The molecule has 0 aliphatic rings. The number of amides is 1. The zero-order valence-electron chi connectivity index (χ0n) is 15.1. The van der Waals surface area contributed by atoms with Crippen LogP contribution in [0.2, 0.25) is 5.02 Å². The normalized spacial score (nSPS) is 10.5.